The second kappa shape index (κ2) is 7.95. The zero-order valence-corrected chi connectivity index (χ0v) is 16.8. The van der Waals surface area contributed by atoms with Crippen molar-refractivity contribution in [2.45, 2.75) is 68.7 Å². The van der Waals surface area contributed by atoms with Gasteiger partial charge in [0.15, 0.2) is 0 Å². The largest absolute Gasteiger partial charge is 0.471 e. The van der Waals surface area contributed by atoms with E-state index >= 15 is 0 Å². The van der Waals surface area contributed by atoms with Crippen LogP contribution >= 0.6 is 0 Å². The van der Waals surface area contributed by atoms with Gasteiger partial charge in [-0.2, -0.15) is 26.3 Å². The highest BCUT2D eigenvalue weighted by atomic mass is 19.4. The third-order valence-corrected chi connectivity index (χ3v) is 6.45. The Bertz CT molecular complexity index is 796. The van der Waals surface area contributed by atoms with Crippen LogP contribution in [0, 0.1) is 0 Å². The van der Waals surface area contributed by atoms with Crippen molar-refractivity contribution in [2.75, 3.05) is 19.7 Å². The molecular weight excluding hydrogens is 426 g/mol. The number of piperidine rings is 1. The first-order valence-corrected chi connectivity index (χ1v) is 10.4. The second-order valence-electron chi connectivity index (χ2n) is 8.76. The summed E-state index contributed by atoms with van der Waals surface area (Å²) in [6, 6.07) is 4.14. The molecule has 172 valence electrons. The number of hydrogen-bond acceptors (Lipinski definition) is 3. The van der Waals surface area contributed by atoms with Gasteiger partial charge in [-0.25, -0.2) is 0 Å². The van der Waals surface area contributed by atoms with Gasteiger partial charge in [0, 0.05) is 25.7 Å². The van der Waals surface area contributed by atoms with Gasteiger partial charge >= 0.3 is 18.3 Å². The van der Waals surface area contributed by atoms with Crippen LogP contribution in [-0.2, 0) is 22.3 Å². The average Bonchev–Trinajstić information content (AvgIpc) is 3.44. The number of carbonyl (C=O) groups is 1. The molecule has 0 aromatic heterocycles. The minimum Gasteiger partial charge on any atom is -0.373 e. The normalized spacial score (nSPS) is 24.5. The average molecular weight is 450 g/mol. The van der Waals surface area contributed by atoms with Crippen molar-refractivity contribution >= 4 is 5.91 Å². The van der Waals surface area contributed by atoms with Crippen molar-refractivity contribution in [2.24, 2.45) is 0 Å². The lowest BCUT2D eigenvalue weighted by molar-refractivity contribution is -0.188. The Morgan fingerprint density at radius 3 is 2.16 bits per heavy atom. The van der Waals surface area contributed by atoms with Crippen molar-refractivity contribution in [3.05, 3.63) is 35.4 Å². The first kappa shape index (κ1) is 22.4. The van der Waals surface area contributed by atoms with Gasteiger partial charge < -0.3 is 9.64 Å². The number of alkyl halides is 6. The summed E-state index contributed by atoms with van der Waals surface area (Å²) in [6.07, 6.45) is -6.46. The molecule has 1 aromatic rings. The Kier molecular flexibility index (Phi) is 5.74. The Hall–Kier alpha value is -1.81. The summed E-state index contributed by atoms with van der Waals surface area (Å²) in [5.41, 5.74) is -0.460. The van der Waals surface area contributed by atoms with Crippen LogP contribution in [0.4, 0.5) is 26.3 Å². The SMILES string of the molecule is O=C(N(C1CC1)C1COC2(CCN(Cc3ccc(C(F)(F)F)cc3)CC2)C1)C(F)(F)F. The first-order valence-electron chi connectivity index (χ1n) is 10.4. The molecule has 1 atom stereocenters. The maximum absolute atomic E-state index is 13.0. The predicted octanol–water partition coefficient (Wildman–Crippen LogP) is 4.38. The quantitative estimate of drug-likeness (QED) is 0.639. The molecule has 1 spiro atoms. The molecule has 0 N–H and O–H groups in total. The molecular formula is C21H24F6N2O2. The molecule has 3 aliphatic rings. The summed E-state index contributed by atoms with van der Waals surface area (Å²) in [7, 11) is 0. The summed E-state index contributed by atoms with van der Waals surface area (Å²) in [6.45, 7) is 1.87. The number of hydrogen-bond donors (Lipinski definition) is 0. The Balaban J connectivity index is 1.33. The van der Waals surface area contributed by atoms with Gasteiger partial charge in [-0.05, 0) is 49.8 Å². The molecule has 1 aromatic carbocycles. The molecule has 1 unspecified atom stereocenters. The van der Waals surface area contributed by atoms with Gasteiger partial charge in [-0.15, -0.1) is 0 Å². The molecule has 1 amide bonds. The van der Waals surface area contributed by atoms with Gasteiger partial charge in [0.1, 0.15) is 0 Å². The van der Waals surface area contributed by atoms with Crippen molar-refractivity contribution in [1.29, 1.82) is 0 Å². The third-order valence-electron chi connectivity index (χ3n) is 6.45. The molecule has 2 saturated heterocycles. The second-order valence-corrected chi connectivity index (χ2v) is 8.76. The topological polar surface area (TPSA) is 32.8 Å². The zero-order valence-electron chi connectivity index (χ0n) is 16.8. The fourth-order valence-electron chi connectivity index (χ4n) is 4.65. The van der Waals surface area contributed by atoms with E-state index in [0.29, 0.717) is 51.7 Å². The van der Waals surface area contributed by atoms with Gasteiger partial charge in [0.05, 0.1) is 23.8 Å². The number of benzene rings is 1. The van der Waals surface area contributed by atoms with E-state index in [2.05, 4.69) is 4.90 Å². The van der Waals surface area contributed by atoms with E-state index < -0.39 is 35.5 Å². The highest BCUT2D eigenvalue weighted by Gasteiger charge is 2.53. The van der Waals surface area contributed by atoms with Crippen molar-refractivity contribution in [1.82, 2.24) is 9.80 Å². The molecule has 0 bridgehead atoms. The lowest BCUT2D eigenvalue weighted by Gasteiger charge is -2.39. The highest BCUT2D eigenvalue weighted by molar-refractivity contribution is 5.82. The van der Waals surface area contributed by atoms with Gasteiger partial charge in [0.2, 0.25) is 0 Å². The molecule has 0 radical (unpaired) electrons. The van der Waals surface area contributed by atoms with Crippen molar-refractivity contribution < 1.29 is 35.9 Å². The van der Waals surface area contributed by atoms with E-state index in [-0.39, 0.29) is 12.6 Å². The number of likely N-dealkylation sites (tertiary alicyclic amines) is 1. The molecule has 3 fully saturated rings. The molecule has 2 aliphatic heterocycles. The first-order chi connectivity index (χ1) is 14.5. The van der Waals surface area contributed by atoms with Gasteiger partial charge in [0.25, 0.3) is 0 Å². The summed E-state index contributed by atoms with van der Waals surface area (Å²) in [5, 5.41) is 0. The Labute approximate surface area is 176 Å². The monoisotopic (exact) mass is 450 g/mol. The van der Waals surface area contributed by atoms with E-state index in [1.807, 2.05) is 0 Å². The van der Waals surface area contributed by atoms with Crippen LogP contribution in [-0.4, -0.2) is 59.3 Å². The van der Waals surface area contributed by atoms with Gasteiger partial charge in [-0.1, -0.05) is 12.1 Å². The number of amides is 1. The number of nitrogens with zero attached hydrogens (tertiary/aromatic N) is 2. The van der Waals surface area contributed by atoms with Crippen LogP contribution in [0.15, 0.2) is 24.3 Å². The van der Waals surface area contributed by atoms with Crippen molar-refractivity contribution in [3.63, 3.8) is 0 Å². The fourth-order valence-corrected chi connectivity index (χ4v) is 4.65. The summed E-state index contributed by atoms with van der Waals surface area (Å²) in [5.74, 6) is -1.78. The standard InChI is InChI=1S/C21H24F6N2O2/c22-20(23,24)15-3-1-14(2-4-15)12-28-9-7-19(8-10-28)11-17(13-31-19)29(16-5-6-16)18(30)21(25,26)27/h1-4,16-17H,5-13H2. The summed E-state index contributed by atoms with van der Waals surface area (Å²) < 4.78 is 83.1. The van der Waals surface area contributed by atoms with E-state index in [4.69, 9.17) is 4.74 Å². The summed E-state index contributed by atoms with van der Waals surface area (Å²) >= 11 is 0. The summed E-state index contributed by atoms with van der Waals surface area (Å²) in [4.78, 5) is 15.0. The molecule has 2 heterocycles. The van der Waals surface area contributed by atoms with Crippen LogP contribution in [0.1, 0.15) is 43.2 Å². The molecule has 4 rings (SSSR count). The lowest BCUT2D eigenvalue weighted by atomic mass is 9.86. The van der Waals surface area contributed by atoms with E-state index in [9.17, 15) is 31.1 Å². The molecule has 1 saturated carbocycles. The van der Waals surface area contributed by atoms with E-state index in [1.165, 1.54) is 12.1 Å². The fraction of sp³-hybridized carbons (Fsp3) is 0.667. The smallest absolute Gasteiger partial charge is 0.373 e. The number of carbonyl (C=O) groups excluding carboxylic acids is 1. The van der Waals surface area contributed by atoms with Crippen LogP contribution in [0.3, 0.4) is 0 Å². The number of halogens is 6. The number of ether oxygens (including phenoxy) is 1. The maximum atomic E-state index is 13.0. The van der Waals surface area contributed by atoms with Gasteiger partial charge in [-0.3, -0.25) is 9.69 Å². The predicted molar refractivity (Wildman–Crippen MR) is 99.0 cm³/mol. The molecule has 31 heavy (non-hydrogen) atoms. The van der Waals surface area contributed by atoms with Crippen LogP contribution < -0.4 is 0 Å². The Morgan fingerprint density at radius 2 is 1.65 bits per heavy atom. The highest BCUT2D eigenvalue weighted by Crippen LogP contribution is 2.42. The molecule has 1 aliphatic carbocycles. The minimum absolute atomic E-state index is 0.108. The number of rotatable bonds is 4. The van der Waals surface area contributed by atoms with Crippen LogP contribution in [0.25, 0.3) is 0 Å². The van der Waals surface area contributed by atoms with E-state index in [1.54, 1.807) is 0 Å². The van der Waals surface area contributed by atoms with Crippen LogP contribution in [0.2, 0.25) is 0 Å². The van der Waals surface area contributed by atoms with E-state index in [0.717, 1.165) is 22.6 Å². The minimum atomic E-state index is -4.89. The zero-order chi connectivity index (χ0) is 22.4. The molecule has 4 nitrogen and oxygen atoms in total. The van der Waals surface area contributed by atoms with Crippen LogP contribution in [0.5, 0.6) is 0 Å². The third kappa shape index (κ3) is 5.00. The van der Waals surface area contributed by atoms with Crippen molar-refractivity contribution in [3.8, 4) is 0 Å². The lowest BCUT2D eigenvalue weighted by Crippen LogP contribution is -2.50. The Morgan fingerprint density at radius 1 is 1.03 bits per heavy atom. The molecule has 10 heteroatoms. The maximum Gasteiger partial charge on any atom is 0.471 e.